The molecule has 0 saturated carbocycles. The first kappa shape index (κ1) is 19.4. The first-order valence-electron chi connectivity index (χ1n) is 9.08. The highest BCUT2D eigenvalue weighted by molar-refractivity contribution is 7.91. The summed E-state index contributed by atoms with van der Waals surface area (Å²) in [6.07, 6.45) is 2.26. The molecule has 6 nitrogen and oxygen atoms in total. The zero-order chi connectivity index (χ0) is 19.6. The zero-order valence-corrected chi connectivity index (χ0v) is 16.7. The van der Waals surface area contributed by atoms with Crippen LogP contribution in [-0.2, 0) is 9.84 Å². The third-order valence-electron chi connectivity index (χ3n) is 5.01. The Morgan fingerprint density at radius 2 is 2.00 bits per heavy atom. The molecule has 1 saturated heterocycles. The number of hydrogen-bond acceptors (Lipinski definition) is 5. The molecule has 2 heterocycles. The highest BCUT2D eigenvalue weighted by Gasteiger charge is 2.31. The van der Waals surface area contributed by atoms with Crippen LogP contribution < -0.4 is 9.80 Å². The minimum absolute atomic E-state index is 0.0437. The molecule has 0 spiro atoms. The quantitative estimate of drug-likeness (QED) is 0.789. The van der Waals surface area contributed by atoms with Crippen LogP contribution in [0.4, 0.5) is 11.4 Å². The molecule has 1 aliphatic rings. The highest BCUT2D eigenvalue weighted by atomic mass is 32.2. The third-order valence-corrected chi connectivity index (χ3v) is 6.76. The molecule has 144 valence electrons. The van der Waals surface area contributed by atoms with Crippen molar-refractivity contribution in [2.45, 2.75) is 26.3 Å². The van der Waals surface area contributed by atoms with Gasteiger partial charge in [-0.15, -0.1) is 0 Å². The summed E-state index contributed by atoms with van der Waals surface area (Å²) in [5.41, 5.74) is 3.12. The van der Waals surface area contributed by atoms with Crippen LogP contribution in [0.1, 0.15) is 29.4 Å². The molecule has 3 rings (SSSR count). The molecule has 0 radical (unpaired) electrons. The van der Waals surface area contributed by atoms with E-state index in [-0.39, 0.29) is 23.5 Å². The number of carbonyl (C=O) groups excluding carboxylic acids is 1. The van der Waals surface area contributed by atoms with E-state index in [4.69, 9.17) is 0 Å². The molecular formula is C20H25N3O3S. The van der Waals surface area contributed by atoms with Crippen molar-refractivity contribution in [3.63, 3.8) is 0 Å². The average Bonchev–Trinajstić information content (AvgIpc) is 3.02. The molecule has 1 atom stereocenters. The maximum absolute atomic E-state index is 12.9. The Labute approximate surface area is 160 Å². The van der Waals surface area contributed by atoms with Crippen LogP contribution in [0, 0.1) is 6.92 Å². The predicted molar refractivity (Wildman–Crippen MR) is 108 cm³/mol. The predicted octanol–water partition coefficient (Wildman–Crippen LogP) is 2.68. The van der Waals surface area contributed by atoms with Gasteiger partial charge >= 0.3 is 0 Å². The lowest BCUT2D eigenvalue weighted by Crippen LogP contribution is -2.33. The van der Waals surface area contributed by atoms with E-state index < -0.39 is 9.84 Å². The Morgan fingerprint density at radius 3 is 2.56 bits per heavy atom. The topological polar surface area (TPSA) is 70.6 Å². The Bertz CT molecular complexity index is 926. The smallest absolute Gasteiger partial charge is 0.276 e. The van der Waals surface area contributed by atoms with Crippen LogP contribution >= 0.6 is 0 Å². The number of rotatable bonds is 5. The Hall–Kier alpha value is -2.41. The van der Waals surface area contributed by atoms with Crippen molar-refractivity contribution in [3.05, 3.63) is 53.9 Å². The van der Waals surface area contributed by atoms with E-state index in [1.165, 1.54) is 0 Å². The summed E-state index contributed by atoms with van der Waals surface area (Å²) in [4.78, 5) is 20.9. The van der Waals surface area contributed by atoms with E-state index in [9.17, 15) is 13.2 Å². The number of benzene rings is 1. The van der Waals surface area contributed by atoms with E-state index >= 15 is 0 Å². The molecule has 1 aliphatic heterocycles. The number of sulfone groups is 1. The van der Waals surface area contributed by atoms with Gasteiger partial charge in [-0.2, -0.15) is 0 Å². The summed E-state index contributed by atoms with van der Waals surface area (Å²) in [7, 11) is -1.07. The van der Waals surface area contributed by atoms with E-state index in [1.54, 1.807) is 17.2 Å². The van der Waals surface area contributed by atoms with Gasteiger partial charge in [-0.3, -0.25) is 4.79 Å². The number of hydrogen-bond donors (Lipinski definition) is 0. The molecule has 0 bridgehead atoms. The summed E-state index contributed by atoms with van der Waals surface area (Å²) >= 11 is 0. The van der Waals surface area contributed by atoms with Crippen molar-refractivity contribution < 1.29 is 13.2 Å². The van der Waals surface area contributed by atoms with Gasteiger partial charge in [0, 0.05) is 25.3 Å². The van der Waals surface area contributed by atoms with E-state index in [0.717, 1.165) is 16.9 Å². The van der Waals surface area contributed by atoms with Crippen LogP contribution in [0.3, 0.4) is 0 Å². The lowest BCUT2D eigenvalue weighted by atomic mass is 10.2. The lowest BCUT2D eigenvalue weighted by molar-refractivity contribution is 0.0983. The number of aryl methyl sites for hydroxylation is 1. The maximum atomic E-state index is 12.9. The molecule has 1 amide bonds. The maximum Gasteiger partial charge on any atom is 0.276 e. The van der Waals surface area contributed by atoms with Crippen molar-refractivity contribution in [1.82, 2.24) is 4.98 Å². The summed E-state index contributed by atoms with van der Waals surface area (Å²) in [6.45, 7) is 4.47. The van der Waals surface area contributed by atoms with Crippen LogP contribution in [0.2, 0.25) is 0 Å². The van der Waals surface area contributed by atoms with Gasteiger partial charge in [-0.05, 0) is 50.1 Å². The number of pyridine rings is 1. The van der Waals surface area contributed by atoms with Gasteiger partial charge in [-0.25, -0.2) is 13.4 Å². The van der Waals surface area contributed by atoms with Crippen molar-refractivity contribution in [1.29, 1.82) is 0 Å². The lowest BCUT2D eigenvalue weighted by Gasteiger charge is -2.26. The number of nitrogens with zero attached hydrogens (tertiary/aromatic N) is 3. The Balaban J connectivity index is 1.77. The van der Waals surface area contributed by atoms with E-state index in [0.29, 0.717) is 18.7 Å². The third kappa shape index (κ3) is 4.30. The normalized spacial score (nSPS) is 18.3. The molecule has 1 aromatic heterocycles. The second-order valence-electron chi connectivity index (χ2n) is 6.96. The Kier molecular flexibility index (Phi) is 5.51. The first-order chi connectivity index (χ1) is 12.8. The fourth-order valence-corrected chi connectivity index (χ4v) is 5.16. The second kappa shape index (κ2) is 7.68. The van der Waals surface area contributed by atoms with Gasteiger partial charge in [0.2, 0.25) is 0 Å². The molecule has 0 N–H and O–H groups in total. The second-order valence-corrected chi connectivity index (χ2v) is 9.19. The molecule has 1 fully saturated rings. The minimum Gasteiger partial charge on any atom is -0.369 e. The standard InChI is InChI=1S/C20H25N3O3S/c1-4-23(16-7-5-6-15(2)12-16)20(24)19-9-8-17(13-21-19)22(3)18-10-11-27(25,26)14-18/h5-9,12-13,18H,4,10-11,14H2,1-3H3. The summed E-state index contributed by atoms with van der Waals surface area (Å²) in [5, 5.41) is 0. The van der Waals surface area contributed by atoms with Crippen molar-refractivity contribution in [3.8, 4) is 0 Å². The molecule has 0 aliphatic carbocycles. The highest BCUT2D eigenvalue weighted by Crippen LogP contribution is 2.23. The number of aromatic nitrogens is 1. The zero-order valence-electron chi connectivity index (χ0n) is 15.9. The first-order valence-corrected chi connectivity index (χ1v) is 10.9. The number of carbonyl (C=O) groups is 1. The monoisotopic (exact) mass is 387 g/mol. The number of amides is 1. The Morgan fingerprint density at radius 1 is 1.22 bits per heavy atom. The molecule has 7 heteroatoms. The van der Waals surface area contributed by atoms with Crippen molar-refractivity contribution in [2.75, 3.05) is 34.9 Å². The van der Waals surface area contributed by atoms with Gasteiger partial charge in [0.15, 0.2) is 9.84 Å². The van der Waals surface area contributed by atoms with Crippen molar-refractivity contribution >= 4 is 27.1 Å². The molecular weight excluding hydrogens is 362 g/mol. The van der Waals surface area contributed by atoms with Crippen LogP contribution in [0.25, 0.3) is 0 Å². The fraction of sp³-hybridized carbons (Fsp3) is 0.400. The SMILES string of the molecule is CCN(C(=O)c1ccc(N(C)C2CCS(=O)(=O)C2)cn1)c1cccc(C)c1. The van der Waals surface area contributed by atoms with Crippen LogP contribution in [0.5, 0.6) is 0 Å². The van der Waals surface area contributed by atoms with Crippen LogP contribution in [-0.4, -0.2) is 50.4 Å². The van der Waals surface area contributed by atoms with Crippen LogP contribution in [0.15, 0.2) is 42.6 Å². The van der Waals surface area contributed by atoms with E-state index in [1.807, 2.05) is 56.1 Å². The molecule has 1 aromatic carbocycles. The molecule has 1 unspecified atom stereocenters. The van der Waals surface area contributed by atoms with Crippen molar-refractivity contribution in [2.24, 2.45) is 0 Å². The largest absolute Gasteiger partial charge is 0.369 e. The average molecular weight is 388 g/mol. The van der Waals surface area contributed by atoms with E-state index in [2.05, 4.69) is 4.98 Å². The van der Waals surface area contributed by atoms with Gasteiger partial charge in [0.25, 0.3) is 5.91 Å². The molecule has 27 heavy (non-hydrogen) atoms. The van der Waals surface area contributed by atoms with Gasteiger partial charge in [0.1, 0.15) is 5.69 Å². The molecule has 2 aromatic rings. The number of anilines is 2. The summed E-state index contributed by atoms with van der Waals surface area (Å²) in [6, 6.07) is 11.3. The summed E-state index contributed by atoms with van der Waals surface area (Å²) in [5.74, 6) is 0.246. The summed E-state index contributed by atoms with van der Waals surface area (Å²) < 4.78 is 23.4. The minimum atomic E-state index is -2.94. The van der Waals surface area contributed by atoms with Gasteiger partial charge in [-0.1, -0.05) is 12.1 Å². The van der Waals surface area contributed by atoms with Gasteiger partial charge in [0.05, 0.1) is 23.4 Å². The van der Waals surface area contributed by atoms with Gasteiger partial charge < -0.3 is 9.80 Å². The fourth-order valence-electron chi connectivity index (χ4n) is 3.39.